The predicted molar refractivity (Wildman–Crippen MR) is 268 cm³/mol. The van der Waals surface area contributed by atoms with Crippen molar-refractivity contribution in [2.45, 2.75) is 13.8 Å². The Morgan fingerprint density at radius 1 is 0.210 bits per heavy atom. The van der Waals surface area contributed by atoms with E-state index in [1.807, 2.05) is 0 Å². The van der Waals surface area contributed by atoms with Gasteiger partial charge >= 0.3 is 0 Å². The fourth-order valence-electron chi connectivity index (χ4n) is 11.4. The Labute approximate surface area is 360 Å². The van der Waals surface area contributed by atoms with Gasteiger partial charge in [-0.25, -0.2) is 0 Å². The zero-order valence-corrected chi connectivity index (χ0v) is 34.6. The maximum absolute atomic E-state index is 2.58. The Kier molecular flexibility index (Phi) is 7.54. The molecule has 0 aliphatic heterocycles. The lowest BCUT2D eigenvalue weighted by Crippen LogP contribution is -1.91. The second-order valence-corrected chi connectivity index (χ2v) is 17.1. The van der Waals surface area contributed by atoms with Crippen molar-refractivity contribution in [2.75, 3.05) is 0 Å². The molecule has 13 aromatic rings. The summed E-state index contributed by atoms with van der Waals surface area (Å²) in [6, 6.07) is 77.2. The van der Waals surface area contributed by atoms with Gasteiger partial charge in [0.25, 0.3) is 0 Å². The molecular weight excluding hydrogens is 745 g/mol. The summed E-state index contributed by atoms with van der Waals surface area (Å²) in [6.45, 7) is 4.50. The summed E-state index contributed by atoms with van der Waals surface area (Å²) < 4.78 is 0. The topological polar surface area (TPSA) is 0 Å². The lowest BCUT2D eigenvalue weighted by molar-refractivity contribution is 1.39. The molecule has 0 aromatic heterocycles. The van der Waals surface area contributed by atoms with Gasteiger partial charge in [0.15, 0.2) is 0 Å². The molecule has 0 aliphatic carbocycles. The molecule has 62 heavy (non-hydrogen) atoms. The quantitative estimate of drug-likeness (QED) is 0.153. The highest BCUT2D eigenvalue weighted by atomic mass is 14.3. The van der Waals surface area contributed by atoms with E-state index in [-0.39, 0.29) is 0 Å². The molecule has 0 amide bonds. The van der Waals surface area contributed by atoms with Crippen LogP contribution >= 0.6 is 0 Å². The van der Waals surface area contributed by atoms with Crippen molar-refractivity contribution in [2.24, 2.45) is 0 Å². The molecule has 0 fully saturated rings. The molecule has 0 nitrogen and oxygen atoms in total. The maximum Gasteiger partial charge on any atom is -0.000719 e. The molecule has 0 aliphatic rings. The number of hydrogen-bond donors (Lipinski definition) is 0. The van der Waals surface area contributed by atoms with Gasteiger partial charge in [0, 0.05) is 0 Å². The third-order valence-corrected chi connectivity index (χ3v) is 13.8. The van der Waals surface area contributed by atoms with Crippen molar-refractivity contribution in [3.63, 3.8) is 0 Å². The van der Waals surface area contributed by atoms with E-state index in [1.54, 1.807) is 0 Å². The average molecular weight is 785 g/mol. The molecule has 0 radical (unpaired) electrons. The summed E-state index contributed by atoms with van der Waals surface area (Å²) in [5, 5.41) is 18.4. The van der Waals surface area contributed by atoms with E-state index in [0.29, 0.717) is 0 Å². The standard InChI is InChI=1S/C62H40/c1-37-18-15-19-38(2)53(37)46-34-35-50-56-45(46)28-16-31-49(56)61-54(41-24-11-5-12-25-41)51-36-52-57-47(29-17-30-48(57)60(51)55(62(50)61)42-26-13-6-14-27-42)58-43(39-20-7-3-8-21-39)32-33-44(59(52)58)40-22-9-4-10-23-40/h3-36H,1-2H3. The normalized spacial score (nSPS) is 12.0. The third-order valence-electron chi connectivity index (χ3n) is 13.8. The van der Waals surface area contributed by atoms with Crippen molar-refractivity contribution in [1.29, 1.82) is 0 Å². The molecule has 0 unspecified atom stereocenters. The molecule has 0 spiro atoms. The largest absolute Gasteiger partial charge is 0.0622 e. The summed E-state index contributed by atoms with van der Waals surface area (Å²) in [6.07, 6.45) is 0. The van der Waals surface area contributed by atoms with Crippen molar-refractivity contribution >= 4 is 75.4 Å². The lowest BCUT2D eigenvalue weighted by atomic mass is 9.83. The minimum atomic E-state index is 1.23. The van der Waals surface area contributed by atoms with Crippen LogP contribution in [0.15, 0.2) is 206 Å². The Morgan fingerprint density at radius 3 is 1.19 bits per heavy atom. The molecule has 0 bridgehead atoms. The van der Waals surface area contributed by atoms with E-state index in [0.717, 1.165) is 0 Å². The zero-order valence-electron chi connectivity index (χ0n) is 34.6. The third kappa shape index (κ3) is 4.84. The smallest absolute Gasteiger partial charge is 0.000719 e. The monoisotopic (exact) mass is 784 g/mol. The Hall–Kier alpha value is -7.80. The highest BCUT2D eigenvalue weighted by Gasteiger charge is 2.28. The van der Waals surface area contributed by atoms with Crippen molar-refractivity contribution < 1.29 is 0 Å². The van der Waals surface area contributed by atoms with Crippen molar-refractivity contribution in [1.82, 2.24) is 0 Å². The fourth-order valence-corrected chi connectivity index (χ4v) is 11.4. The van der Waals surface area contributed by atoms with Crippen molar-refractivity contribution in [3.8, 4) is 55.6 Å². The second kappa shape index (κ2) is 13.4. The lowest BCUT2D eigenvalue weighted by Gasteiger charge is -2.19. The van der Waals surface area contributed by atoms with E-state index in [4.69, 9.17) is 0 Å². The van der Waals surface area contributed by atoms with Gasteiger partial charge in [-0.2, -0.15) is 0 Å². The summed E-state index contributed by atoms with van der Waals surface area (Å²) in [5.41, 5.74) is 15.3. The predicted octanol–water partition coefficient (Wildman–Crippen LogP) is 17.6. The number of benzene rings is 11. The Balaban J connectivity index is 1.31. The highest BCUT2D eigenvalue weighted by Crippen LogP contribution is 2.56. The molecule has 0 N–H and O–H groups in total. The van der Waals surface area contributed by atoms with Crippen LogP contribution in [0.1, 0.15) is 11.1 Å². The molecule has 0 saturated carbocycles. The van der Waals surface area contributed by atoms with Crippen LogP contribution in [0.5, 0.6) is 0 Å². The molecule has 0 saturated heterocycles. The van der Waals surface area contributed by atoms with E-state index >= 15 is 0 Å². The molecule has 0 heterocycles. The van der Waals surface area contributed by atoms with Crippen LogP contribution in [-0.4, -0.2) is 0 Å². The van der Waals surface area contributed by atoms with Gasteiger partial charge < -0.3 is 0 Å². The number of hydrogen-bond acceptors (Lipinski definition) is 0. The van der Waals surface area contributed by atoms with Crippen molar-refractivity contribution in [3.05, 3.63) is 217 Å². The van der Waals surface area contributed by atoms with E-state index in [2.05, 4.69) is 220 Å². The fraction of sp³-hybridized carbons (Fsp3) is 0.0323. The van der Waals surface area contributed by atoms with Crippen LogP contribution in [0.2, 0.25) is 0 Å². The first-order valence-corrected chi connectivity index (χ1v) is 21.8. The second-order valence-electron chi connectivity index (χ2n) is 17.1. The van der Waals surface area contributed by atoms with Gasteiger partial charge in [-0.15, -0.1) is 0 Å². The first kappa shape index (κ1) is 35.0. The minimum Gasteiger partial charge on any atom is -0.0622 e. The first-order chi connectivity index (χ1) is 30.7. The Bertz CT molecular complexity index is 3860. The number of aryl methyl sites for hydroxylation is 2. The van der Waals surface area contributed by atoms with Crippen LogP contribution < -0.4 is 0 Å². The van der Waals surface area contributed by atoms with Crippen LogP contribution in [0.4, 0.5) is 0 Å². The maximum atomic E-state index is 2.58. The van der Waals surface area contributed by atoms with Gasteiger partial charge in [-0.3, -0.25) is 0 Å². The SMILES string of the molecule is Cc1cccc(C)c1-c1ccc2c3c(-c4ccccc4)c4c(cc5c6c(-c7ccccc7)ccc(-c7ccccc7)c6c6cccc4c65)c(-c4ccccc4)c3c3cccc1c32. The van der Waals surface area contributed by atoms with Gasteiger partial charge in [-0.1, -0.05) is 200 Å². The van der Waals surface area contributed by atoms with E-state index in [9.17, 15) is 0 Å². The summed E-state index contributed by atoms with van der Waals surface area (Å²) >= 11 is 0. The summed E-state index contributed by atoms with van der Waals surface area (Å²) in [5.74, 6) is 0. The van der Waals surface area contributed by atoms with Gasteiger partial charge in [0.2, 0.25) is 0 Å². The molecule has 13 aromatic carbocycles. The van der Waals surface area contributed by atoms with Crippen LogP contribution in [0, 0.1) is 13.8 Å². The molecular formula is C62H40. The van der Waals surface area contributed by atoms with Gasteiger partial charge in [0.05, 0.1) is 0 Å². The van der Waals surface area contributed by atoms with Crippen LogP contribution in [0.3, 0.4) is 0 Å². The molecule has 13 rings (SSSR count). The zero-order chi connectivity index (χ0) is 41.1. The Morgan fingerprint density at radius 2 is 0.613 bits per heavy atom. The van der Waals surface area contributed by atoms with E-state index < -0.39 is 0 Å². The molecule has 288 valence electrons. The highest BCUT2D eigenvalue weighted by molar-refractivity contribution is 6.46. The summed E-state index contributed by atoms with van der Waals surface area (Å²) in [7, 11) is 0. The number of fused-ring (bicyclic) bond motifs is 8. The van der Waals surface area contributed by atoms with Gasteiger partial charge in [0.1, 0.15) is 0 Å². The average Bonchev–Trinajstić information content (AvgIpc) is 3.84. The van der Waals surface area contributed by atoms with Crippen LogP contribution in [0.25, 0.3) is 131 Å². The number of rotatable bonds is 5. The van der Waals surface area contributed by atoms with Crippen LogP contribution in [-0.2, 0) is 0 Å². The first-order valence-electron chi connectivity index (χ1n) is 21.8. The molecule has 0 heteroatoms. The van der Waals surface area contributed by atoms with Gasteiger partial charge in [-0.05, 0) is 162 Å². The van der Waals surface area contributed by atoms with E-state index in [1.165, 1.54) is 142 Å². The summed E-state index contributed by atoms with van der Waals surface area (Å²) in [4.78, 5) is 0. The molecule has 0 atom stereocenters. The minimum absolute atomic E-state index is 1.23.